The molecular formula is C22H22FN5O. The molecule has 0 spiro atoms. The number of hydrogen-bond donors (Lipinski definition) is 1. The number of piperazine rings is 1. The van der Waals surface area contributed by atoms with Crippen molar-refractivity contribution in [1.29, 1.82) is 0 Å². The molecule has 0 saturated carbocycles. The summed E-state index contributed by atoms with van der Waals surface area (Å²) in [7, 11) is 0. The van der Waals surface area contributed by atoms with Crippen molar-refractivity contribution < 1.29 is 9.18 Å². The van der Waals surface area contributed by atoms with E-state index in [0.717, 1.165) is 30.2 Å². The molecule has 1 N–H and O–H groups in total. The molecule has 1 fully saturated rings. The summed E-state index contributed by atoms with van der Waals surface area (Å²) < 4.78 is 13.1. The van der Waals surface area contributed by atoms with Gasteiger partial charge in [-0.15, -0.1) is 0 Å². The number of rotatable bonds is 5. The summed E-state index contributed by atoms with van der Waals surface area (Å²) >= 11 is 0. The van der Waals surface area contributed by atoms with Crippen LogP contribution in [0.3, 0.4) is 0 Å². The summed E-state index contributed by atoms with van der Waals surface area (Å²) in [4.78, 5) is 25.1. The number of benzene rings is 1. The van der Waals surface area contributed by atoms with Gasteiger partial charge in [0.05, 0.1) is 5.56 Å². The maximum Gasteiger partial charge on any atom is 0.255 e. The largest absolute Gasteiger partial charge is 0.368 e. The molecule has 2 aromatic heterocycles. The normalized spacial score (nSPS) is 14.0. The third-order valence-corrected chi connectivity index (χ3v) is 4.99. The van der Waals surface area contributed by atoms with Crippen LogP contribution in [-0.2, 0) is 6.54 Å². The summed E-state index contributed by atoms with van der Waals surface area (Å²) in [5.41, 5.74) is 2.67. The minimum Gasteiger partial charge on any atom is -0.368 e. The van der Waals surface area contributed by atoms with Gasteiger partial charge < -0.3 is 15.1 Å². The van der Waals surface area contributed by atoms with Gasteiger partial charge in [0.15, 0.2) is 0 Å². The summed E-state index contributed by atoms with van der Waals surface area (Å²) in [5.74, 6) is 0.463. The molecule has 1 saturated heterocycles. The van der Waals surface area contributed by atoms with Crippen molar-refractivity contribution in [3.05, 3.63) is 84.1 Å². The van der Waals surface area contributed by atoms with Crippen LogP contribution in [-0.4, -0.2) is 47.0 Å². The first-order valence-corrected chi connectivity index (χ1v) is 9.58. The van der Waals surface area contributed by atoms with Crippen molar-refractivity contribution in [2.75, 3.05) is 36.4 Å². The topological polar surface area (TPSA) is 61.4 Å². The summed E-state index contributed by atoms with van der Waals surface area (Å²) in [6.45, 7) is 3.33. The second kappa shape index (κ2) is 8.68. The maximum atomic E-state index is 13.1. The molecule has 0 aliphatic carbocycles. The monoisotopic (exact) mass is 391 g/mol. The quantitative estimate of drug-likeness (QED) is 0.724. The number of carbonyl (C=O) groups excluding carboxylic acids is 1. The van der Waals surface area contributed by atoms with Gasteiger partial charge in [-0.25, -0.2) is 9.37 Å². The Hall–Kier alpha value is -3.48. The van der Waals surface area contributed by atoms with E-state index in [9.17, 15) is 9.18 Å². The molecule has 7 heteroatoms. The minimum atomic E-state index is -0.242. The molecule has 1 aliphatic heterocycles. The van der Waals surface area contributed by atoms with Crippen LogP contribution in [0.5, 0.6) is 0 Å². The predicted molar refractivity (Wildman–Crippen MR) is 110 cm³/mol. The number of aromatic nitrogens is 2. The van der Waals surface area contributed by atoms with Crippen LogP contribution in [0.4, 0.5) is 15.9 Å². The van der Waals surface area contributed by atoms with Crippen molar-refractivity contribution in [2.45, 2.75) is 6.54 Å². The summed E-state index contributed by atoms with van der Waals surface area (Å²) in [5, 5.41) is 3.24. The third kappa shape index (κ3) is 4.68. The first-order chi connectivity index (χ1) is 14.2. The average molecular weight is 391 g/mol. The Labute approximate surface area is 169 Å². The number of carbonyl (C=O) groups is 1. The molecule has 148 valence electrons. The van der Waals surface area contributed by atoms with Crippen molar-refractivity contribution in [3.63, 3.8) is 0 Å². The fourth-order valence-electron chi connectivity index (χ4n) is 3.32. The zero-order chi connectivity index (χ0) is 20.1. The van der Waals surface area contributed by atoms with E-state index >= 15 is 0 Å². The molecule has 6 nitrogen and oxygen atoms in total. The van der Waals surface area contributed by atoms with E-state index in [1.54, 1.807) is 36.8 Å². The number of pyridine rings is 2. The number of amides is 1. The van der Waals surface area contributed by atoms with Gasteiger partial charge in [0, 0.05) is 57.0 Å². The van der Waals surface area contributed by atoms with Gasteiger partial charge in [-0.3, -0.25) is 9.78 Å². The van der Waals surface area contributed by atoms with E-state index in [1.807, 2.05) is 23.1 Å². The van der Waals surface area contributed by atoms with Gasteiger partial charge in [0.1, 0.15) is 11.6 Å². The Balaban J connectivity index is 1.31. The molecule has 0 atom stereocenters. The fraction of sp³-hybridized carbons (Fsp3) is 0.227. The smallest absolute Gasteiger partial charge is 0.255 e. The lowest BCUT2D eigenvalue weighted by atomic mass is 10.2. The van der Waals surface area contributed by atoms with Gasteiger partial charge in [0.25, 0.3) is 5.91 Å². The van der Waals surface area contributed by atoms with Crippen molar-refractivity contribution >= 4 is 17.4 Å². The SMILES string of the molecule is O=C(c1ccc(NCc2ccncc2)nc1)N1CCN(c2ccc(F)cc2)CC1. The molecule has 0 unspecified atom stereocenters. The zero-order valence-corrected chi connectivity index (χ0v) is 16.0. The Bertz CT molecular complexity index is 939. The maximum absolute atomic E-state index is 13.1. The van der Waals surface area contributed by atoms with Crippen molar-refractivity contribution in [2.24, 2.45) is 0 Å². The molecular weight excluding hydrogens is 369 g/mol. The van der Waals surface area contributed by atoms with Gasteiger partial charge >= 0.3 is 0 Å². The van der Waals surface area contributed by atoms with Gasteiger partial charge in [-0.05, 0) is 54.1 Å². The van der Waals surface area contributed by atoms with Gasteiger partial charge in [-0.2, -0.15) is 0 Å². The average Bonchev–Trinajstić information content (AvgIpc) is 2.79. The first-order valence-electron chi connectivity index (χ1n) is 9.58. The van der Waals surface area contributed by atoms with Crippen LogP contribution in [0.1, 0.15) is 15.9 Å². The highest BCUT2D eigenvalue weighted by molar-refractivity contribution is 5.94. The Morgan fingerprint density at radius 1 is 0.966 bits per heavy atom. The van der Waals surface area contributed by atoms with Crippen LogP contribution in [0.25, 0.3) is 0 Å². The van der Waals surface area contributed by atoms with E-state index < -0.39 is 0 Å². The lowest BCUT2D eigenvalue weighted by Gasteiger charge is -2.36. The highest BCUT2D eigenvalue weighted by Crippen LogP contribution is 2.18. The molecule has 3 aromatic rings. The zero-order valence-electron chi connectivity index (χ0n) is 16.0. The highest BCUT2D eigenvalue weighted by Gasteiger charge is 2.22. The number of nitrogens with one attached hydrogen (secondary N) is 1. The third-order valence-electron chi connectivity index (χ3n) is 4.99. The van der Waals surface area contributed by atoms with E-state index in [0.29, 0.717) is 25.2 Å². The van der Waals surface area contributed by atoms with E-state index in [-0.39, 0.29) is 11.7 Å². The second-order valence-electron chi connectivity index (χ2n) is 6.90. The number of halogens is 1. The van der Waals surface area contributed by atoms with E-state index in [4.69, 9.17) is 0 Å². The van der Waals surface area contributed by atoms with Crippen LogP contribution >= 0.6 is 0 Å². The minimum absolute atomic E-state index is 0.0167. The highest BCUT2D eigenvalue weighted by atomic mass is 19.1. The fourth-order valence-corrected chi connectivity index (χ4v) is 3.32. The standard InChI is InChI=1S/C22H22FN5O/c23-19-2-4-20(5-3-19)27-11-13-28(14-12-27)22(29)18-1-6-21(26-16-18)25-15-17-7-9-24-10-8-17/h1-10,16H,11-15H2,(H,25,26). The van der Waals surface area contributed by atoms with Crippen LogP contribution in [0.15, 0.2) is 67.1 Å². The van der Waals surface area contributed by atoms with E-state index in [2.05, 4.69) is 20.2 Å². The van der Waals surface area contributed by atoms with Crippen molar-refractivity contribution in [1.82, 2.24) is 14.9 Å². The molecule has 1 amide bonds. The van der Waals surface area contributed by atoms with Crippen LogP contribution < -0.4 is 10.2 Å². The number of hydrogen-bond acceptors (Lipinski definition) is 5. The van der Waals surface area contributed by atoms with E-state index in [1.165, 1.54) is 12.1 Å². The molecule has 1 aliphatic rings. The van der Waals surface area contributed by atoms with Gasteiger partial charge in [-0.1, -0.05) is 0 Å². The van der Waals surface area contributed by atoms with Crippen LogP contribution in [0.2, 0.25) is 0 Å². The molecule has 0 bridgehead atoms. The first kappa shape index (κ1) is 18.9. The molecule has 1 aromatic carbocycles. The lowest BCUT2D eigenvalue weighted by Crippen LogP contribution is -2.48. The number of anilines is 2. The molecule has 0 radical (unpaired) electrons. The molecule has 3 heterocycles. The Kier molecular flexibility index (Phi) is 5.65. The Morgan fingerprint density at radius 3 is 2.34 bits per heavy atom. The summed E-state index contributed by atoms with van der Waals surface area (Å²) in [6, 6.07) is 14.0. The van der Waals surface area contributed by atoms with Crippen molar-refractivity contribution in [3.8, 4) is 0 Å². The van der Waals surface area contributed by atoms with Gasteiger partial charge in [0.2, 0.25) is 0 Å². The lowest BCUT2D eigenvalue weighted by molar-refractivity contribution is 0.0746. The second-order valence-corrected chi connectivity index (χ2v) is 6.90. The Morgan fingerprint density at radius 2 is 1.69 bits per heavy atom. The summed E-state index contributed by atoms with van der Waals surface area (Å²) in [6.07, 6.45) is 5.12. The predicted octanol–water partition coefficient (Wildman–Crippen LogP) is 3.19. The number of nitrogens with zero attached hydrogens (tertiary/aromatic N) is 4. The molecule has 29 heavy (non-hydrogen) atoms. The molecule has 4 rings (SSSR count). The van der Waals surface area contributed by atoms with Crippen LogP contribution in [0, 0.1) is 5.82 Å².